The molecule has 1 fully saturated rings. The van der Waals surface area contributed by atoms with Crippen LogP contribution in [0.25, 0.3) is 0 Å². The van der Waals surface area contributed by atoms with Gasteiger partial charge < -0.3 is 14.6 Å². The normalized spacial score (nSPS) is 26.2. The third-order valence-electron chi connectivity index (χ3n) is 3.68. The lowest BCUT2D eigenvalue weighted by Gasteiger charge is -2.30. The lowest BCUT2D eigenvalue weighted by atomic mass is 9.83. The molecule has 102 valence electrons. The molecule has 2 rings (SSSR count). The van der Waals surface area contributed by atoms with Crippen LogP contribution in [-0.2, 0) is 10.2 Å². The number of rotatable bonds is 5. The highest BCUT2D eigenvalue weighted by molar-refractivity contribution is 5.07. The molecule has 2 atom stereocenters. The number of nitrogens with zero attached hydrogens (tertiary/aromatic N) is 2. The summed E-state index contributed by atoms with van der Waals surface area (Å²) in [6.45, 7) is 6.28. The molecule has 2 unspecified atom stereocenters. The lowest BCUT2D eigenvalue weighted by Crippen LogP contribution is -2.41. The summed E-state index contributed by atoms with van der Waals surface area (Å²) in [5.74, 6) is 1.42. The Labute approximate surface area is 108 Å². The maximum Gasteiger partial charge on any atom is 0.233 e. The lowest BCUT2D eigenvalue weighted by molar-refractivity contribution is 0.0854. The molecule has 18 heavy (non-hydrogen) atoms. The Bertz CT molecular complexity index is 372. The van der Waals surface area contributed by atoms with E-state index in [2.05, 4.69) is 29.3 Å². The molecule has 0 saturated carbocycles. The molecule has 0 aliphatic carbocycles. The minimum Gasteiger partial charge on any atom is -0.373 e. The van der Waals surface area contributed by atoms with Crippen LogP contribution >= 0.6 is 0 Å². The smallest absolute Gasteiger partial charge is 0.233 e. The molecule has 1 aliphatic heterocycles. The van der Waals surface area contributed by atoms with Crippen LogP contribution in [0.15, 0.2) is 4.52 Å². The molecular formula is C13H23N3O2. The third kappa shape index (κ3) is 2.72. The van der Waals surface area contributed by atoms with Gasteiger partial charge in [-0.3, -0.25) is 0 Å². The van der Waals surface area contributed by atoms with Gasteiger partial charge in [-0.05, 0) is 32.7 Å². The van der Waals surface area contributed by atoms with Crippen molar-refractivity contribution >= 4 is 0 Å². The van der Waals surface area contributed by atoms with Crippen LogP contribution in [0.2, 0.25) is 0 Å². The molecule has 1 aliphatic rings. The second-order valence-corrected chi connectivity index (χ2v) is 5.31. The number of nitrogens with one attached hydrogen (secondary N) is 1. The summed E-state index contributed by atoms with van der Waals surface area (Å²) >= 11 is 0. The van der Waals surface area contributed by atoms with Crippen molar-refractivity contribution < 1.29 is 9.26 Å². The topological polar surface area (TPSA) is 60.2 Å². The average molecular weight is 253 g/mol. The van der Waals surface area contributed by atoms with E-state index in [0.717, 1.165) is 44.7 Å². The zero-order chi connectivity index (χ0) is 13.0. The second-order valence-electron chi connectivity index (χ2n) is 5.31. The Hall–Kier alpha value is -0.940. The minimum absolute atomic E-state index is 0.0337. The second kappa shape index (κ2) is 5.80. The molecule has 0 radical (unpaired) electrons. The first-order chi connectivity index (χ1) is 8.69. The minimum atomic E-state index is -0.0485. The summed E-state index contributed by atoms with van der Waals surface area (Å²) in [5, 5.41) is 7.48. The van der Waals surface area contributed by atoms with Crippen molar-refractivity contribution in [2.24, 2.45) is 0 Å². The predicted molar refractivity (Wildman–Crippen MR) is 68.4 cm³/mol. The first-order valence-corrected chi connectivity index (χ1v) is 6.77. The number of aromatic nitrogens is 2. The summed E-state index contributed by atoms with van der Waals surface area (Å²) in [6.07, 6.45) is 4.16. The van der Waals surface area contributed by atoms with Crippen molar-refractivity contribution in [1.82, 2.24) is 15.5 Å². The monoisotopic (exact) mass is 253 g/mol. The van der Waals surface area contributed by atoms with Gasteiger partial charge in [0.05, 0.1) is 5.41 Å². The van der Waals surface area contributed by atoms with Crippen LogP contribution in [0.4, 0.5) is 0 Å². The van der Waals surface area contributed by atoms with Gasteiger partial charge in [0.1, 0.15) is 6.10 Å². The Kier molecular flexibility index (Phi) is 4.35. The summed E-state index contributed by atoms with van der Waals surface area (Å²) in [6, 6.07) is 0. The predicted octanol–water partition coefficient (Wildman–Crippen LogP) is 2.20. The van der Waals surface area contributed by atoms with Gasteiger partial charge in [0.2, 0.25) is 11.7 Å². The first kappa shape index (κ1) is 13.5. The van der Waals surface area contributed by atoms with Gasteiger partial charge in [-0.1, -0.05) is 18.5 Å². The third-order valence-corrected chi connectivity index (χ3v) is 3.68. The van der Waals surface area contributed by atoms with E-state index in [9.17, 15) is 0 Å². The van der Waals surface area contributed by atoms with Gasteiger partial charge in [0.25, 0.3) is 0 Å². The van der Waals surface area contributed by atoms with Gasteiger partial charge >= 0.3 is 0 Å². The van der Waals surface area contributed by atoms with Crippen molar-refractivity contribution in [3.63, 3.8) is 0 Å². The molecule has 2 heterocycles. The van der Waals surface area contributed by atoms with E-state index in [-0.39, 0.29) is 11.5 Å². The Morgan fingerprint density at radius 3 is 3.00 bits per heavy atom. The van der Waals surface area contributed by atoms with Crippen LogP contribution in [0.5, 0.6) is 0 Å². The molecule has 5 heteroatoms. The standard InChI is InChI=1S/C13H23N3O2/c1-4-6-10(17-3)11-15-12(18-16-11)13(2)7-5-8-14-9-13/h10,14H,4-9H2,1-3H3. The van der Waals surface area contributed by atoms with Crippen LogP contribution in [0.3, 0.4) is 0 Å². The fourth-order valence-electron chi connectivity index (χ4n) is 2.46. The van der Waals surface area contributed by atoms with E-state index in [1.54, 1.807) is 7.11 Å². The molecule has 5 nitrogen and oxygen atoms in total. The fraction of sp³-hybridized carbons (Fsp3) is 0.846. The Morgan fingerprint density at radius 2 is 2.39 bits per heavy atom. The van der Waals surface area contributed by atoms with Crippen LogP contribution < -0.4 is 5.32 Å². The van der Waals surface area contributed by atoms with Crippen molar-refractivity contribution in [3.05, 3.63) is 11.7 Å². The summed E-state index contributed by atoms with van der Waals surface area (Å²) in [7, 11) is 1.69. The zero-order valence-corrected chi connectivity index (χ0v) is 11.5. The largest absolute Gasteiger partial charge is 0.373 e. The number of methoxy groups -OCH3 is 1. The average Bonchev–Trinajstić information content (AvgIpc) is 2.87. The fourth-order valence-corrected chi connectivity index (χ4v) is 2.46. The van der Waals surface area contributed by atoms with E-state index < -0.39 is 0 Å². The van der Waals surface area contributed by atoms with Gasteiger partial charge in [0, 0.05) is 13.7 Å². The van der Waals surface area contributed by atoms with Crippen molar-refractivity contribution in [2.45, 2.75) is 51.0 Å². The summed E-state index contributed by atoms with van der Waals surface area (Å²) in [5.41, 5.74) is -0.0337. The van der Waals surface area contributed by atoms with Gasteiger partial charge in [-0.25, -0.2) is 0 Å². The summed E-state index contributed by atoms with van der Waals surface area (Å²) < 4.78 is 10.9. The van der Waals surface area contributed by atoms with Crippen LogP contribution in [0.1, 0.15) is 57.3 Å². The highest BCUT2D eigenvalue weighted by Gasteiger charge is 2.35. The highest BCUT2D eigenvalue weighted by atomic mass is 16.5. The molecule has 1 aromatic rings. The van der Waals surface area contributed by atoms with Gasteiger partial charge in [-0.2, -0.15) is 4.98 Å². The number of piperidine rings is 1. The molecule has 0 spiro atoms. The SMILES string of the molecule is CCCC(OC)c1noc(C2(C)CCCNC2)n1. The Balaban J connectivity index is 2.13. The van der Waals surface area contributed by atoms with E-state index in [1.807, 2.05) is 0 Å². The molecule has 1 N–H and O–H groups in total. The Morgan fingerprint density at radius 1 is 1.56 bits per heavy atom. The number of ether oxygens (including phenoxy) is 1. The maximum atomic E-state index is 5.46. The molecular weight excluding hydrogens is 230 g/mol. The molecule has 0 bridgehead atoms. The highest BCUT2D eigenvalue weighted by Crippen LogP contribution is 2.30. The molecule has 0 aromatic carbocycles. The van der Waals surface area contributed by atoms with Crippen molar-refractivity contribution in [1.29, 1.82) is 0 Å². The van der Waals surface area contributed by atoms with E-state index in [4.69, 9.17) is 9.26 Å². The van der Waals surface area contributed by atoms with Crippen LogP contribution in [-0.4, -0.2) is 30.3 Å². The first-order valence-electron chi connectivity index (χ1n) is 6.77. The van der Waals surface area contributed by atoms with Gasteiger partial charge in [0.15, 0.2) is 0 Å². The zero-order valence-electron chi connectivity index (χ0n) is 11.5. The number of hydrogen-bond donors (Lipinski definition) is 1. The molecule has 1 saturated heterocycles. The van der Waals surface area contributed by atoms with Crippen LogP contribution in [0, 0.1) is 0 Å². The quantitative estimate of drug-likeness (QED) is 0.871. The van der Waals surface area contributed by atoms with E-state index in [0.29, 0.717) is 5.82 Å². The molecule has 0 amide bonds. The molecule has 1 aromatic heterocycles. The van der Waals surface area contributed by atoms with E-state index >= 15 is 0 Å². The van der Waals surface area contributed by atoms with Gasteiger partial charge in [-0.15, -0.1) is 0 Å². The maximum absolute atomic E-state index is 5.46. The van der Waals surface area contributed by atoms with E-state index in [1.165, 1.54) is 0 Å². The van der Waals surface area contributed by atoms with Crippen molar-refractivity contribution in [3.8, 4) is 0 Å². The summed E-state index contributed by atoms with van der Waals surface area (Å²) in [4.78, 5) is 4.55. The number of hydrogen-bond acceptors (Lipinski definition) is 5. The van der Waals surface area contributed by atoms with Crippen molar-refractivity contribution in [2.75, 3.05) is 20.2 Å².